The van der Waals surface area contributed by atoms with Gasteiger partial charge in [0.25, 0.3) is 5.91 Å². The average molecular weight is 525 g/mol. The van der Waals surface area contributed by atoms with E-state index in [4.69, 9.17) is 34.8 Å². The van der Waals surface area contributed by atoms with E-state index in [1.165, 1.54) is 17.8 Å². The first-order valence-corrected chi connectivity index (χ1v) is 11.9. The summed E-state index contributed by atoms with van der Waals surface area (Å²) in [7, 11) is 0. The zero-order valence-electron chi connectivity index (χ0n) is 17.6. The fourth-order valence-electron chi connectivity index (χ4n) is 2.79. The number of thioether (sulfide) groups is 1. The molecule has 0 unspecified atom stereocenters. The van der Waals surface area contributed by atoms with Crippen LogP contribution < -0.4 is 10.6 Å². The topological polar surface area (TPSA) is 88.9 Å². The zero-order chi connectivity index (χ0) is 24.0. The number of aryl methyl sites for hydroxylation is 1. The van der Waals surface area contributed by atoms with Crippen molar-refractivity contribution < 1.29 is 9.59 Å². The Balaban J connectivity index is 1.62. The van der Waals surface area contributed by atoms with Crippen LogP contribution in [-0.4, -0.2) is 32.3 Å². The molecule has 0 saturated heterocycles. The van der Waals surface area contributed by atoms with Crippen molar-refractivity contribution in [1.29, 1.82) is 0 Å². The van der Waals surface area contributed by atoms with Crippen LogP contribution in [-0.2, 0) is 17.9 Å². The normalized spacial score (nSPS) is 10.7. The van der Waals surface area contributed by atoms with Crippen LogP contribution in [0.3, 0.4) is 0 Å². The minimum absolute atomic E-state index is 0.118. The molecule has 0 atom stereocenters. The van der Waals surface area contributed by atoms with Gasteiger partial charge in [-0.3, -0.25) is 9.59 Å². The molecular weight excluding hydrogens is 505 g/mol. The fourth-order valence-corrected chi connectivity index (χ4v) is 4.24. The van der Waals surface area contributed by atoms with E-state index >= 15 is 0 Å². The molecule has 0 saturated carbocycles. The molecule has 3 aromatic rings. The average Bonchev–Trinajstić information content (AvgIpc) is 3.15. The number of carbonyl (C=O) groups is 2. The molecule has 0 spiro atoms. The number of hydrogen-bond donors (Lipinski definition) is 2. The Bertz CT molecular complexity index is 1200. The summed E-state index contributed by atoms with van der Waals surface area (Å²) in [6.07, 6.45) is 1.68. The van der Waals surface area contributed by atoms with Gasteiger partial charge in [0.1, 0.15) is 0 Å². The lowest BCUT2D eigenvalue weighted by Crippen LogP contribution is -2.25. The highest BCUT2D eigenvalue weighted by molar-refractivity contribution is 7.99. The van der Waals surface area contributed by atoms with E-state index in [9.17, 15) is 9.59 Å². The maximum Gasteiger partial charge on any atom is 0.253 e. The molecule has 0 aliphatic heterocycles. The molecule has 33 heavy (non-hydrogen) atoms. The molecule has 1 heterocycles. The molecule has 3 rings (SSSR count). The van der Waals surface area contributed by atoms with E-state index in [0.29, 0.717) is 38.8 Å². The standard InChI is InChI=1S/C22H20Cl3N5O2S/c1-3-8-30-19(11-26-21(32)16-7-5-14(23)9-18(16)25)28-29-22(30)33-12-20(31)27-15-6-4-13(2)17(24)10-15/h3-7,9-10H,1,8,11-12H2,2H3,(H,26,32)(H,27,31). The SMILES string of the molecule is C=CCn1c(CNC(=O)c2ccc(Cl)cc2Cl)nnc1SCC(=O)Nc1ccc(C)c(Cl)c1. The van der Waals surface area contributed by atoms with E-state index in [0.717, 1.165) is 5.56 Å². The minimum Gasteiger partial charge on any atom is -0.345 e. The van der Waals surface area contributed by atoms with Gasteiger partial charge in [-0.1, -0.05) is 58.7 Å². The molecule has 0 aliphatic rings. The van der Waals surface area contributed by atoms with Crippen molar-refractivity contribution in [2.45, 2.75) is 25.2 Å². The molecule has 2 aromatic carbocycles. The highest BCUT2D eigenvalue weighted by Gasteiger charge is 2.16. The summed E-state index contributed by atoms with van der Waals surface area (Å²) in [6.45, 7) is 6.17. The number of benzene rings is 2. The van der Waals surface area contributed by atoms with Gasteiger partial charge in [-0.2, -0.15) is 0 Å². The number of allylic oxidation sites excluding steroid dienone is 1. The molecule has 0 bridgehead atoms. The van der Waals surface area contributed by atoms with E-state index in [1.807, 2.05) is 13.0 Å². The first-order chi connectivity index (χ1) is 15.8. The Labute approximate surface area is 210 Å². The molecule has 0 radical (unpaired) electrons. The molecule has 2 N–H and O–H groups in total. The third-order valence-electron chi connectivity index (χ3n) is 4.48. The summed E-state index contributed by atoms with van der Waals surface area (Å²) in [4.78, 5) is 24.8. The second-order valence-electron chi connectivity index (χ2n) is 6.91. The van der Waals surface area contributed by atoms with Crippen LogP contribution >= 0.6 is 46.6 Å². The van der Waals surface area contributed by atoms with Gasteiger partial charge in [-0.05, 0) is 42.8 Å². The lowest BCUT2D eigenvalue weighted by molar-refractivity contribution is -0.113. The largest absolute Gasteiger partial charge is 0.345 e. The first-order valence-electron chi connectivity index (χ1n) is 9.73. The smallest absolute Gasteiger partial charge is 0.253 e. The van der Waals surface area contributed by atoms with Gasteiger partial charge >= 0.3 is 0 Å². The Kier molecular flexibility index (Phi) is 8.80. The highest BCUT2D eigenvalue weighted by Crippen LogP contribution is 2.23. The number of amides is 2. The second-order valence-corrected chi connectivity index (χ2v) is 9.10. The van der Waals surface area contributed by atoms with Crippen LogP contribution in [0, 0.1) is 6.92 Å². The minimum atomic E-state index is -0.366. The molecular formula is C22H20Cl3N5O2S. The molecule has 172 valence electrons. The Morgan fingerprint density at radius 1 is 1.12 bits per heavy atom. The molecule has 2 amide bonds. The van der Waals surface area contributed by atoms with E-state index < -0.39 is 0 Å². The zero-order valence-corrected chi connectivity index (χ0v) is 20.7. The van der Waals surface area contributed by atoms with Crippen molar-refractivity contribution >= 4 is 64.1 Å². The van der Waals surface area contributed by atoms with Crippen LogP contribution in [0.5, 0.6) is 0 Å². The summed E-state index contributed by atoms with van der Waals surface area (Å²) in [6, 6.07) is 9.97. The van der Waals surface area contributed by atoms with Gasteiger partial charge in [0, 0.05) is 22.3 Å². The number of halogens is 3. The molecule has 0 fully saturated rings. The third kappa shape index (κ3) is 6.74. The number of nitrogens with zero attached hydrogens (tertiary/aromatic N) is 3. The van der Waals surface area contributed by atoms with E-state index in [-0.39, 0.29) is 29.1 Å². The van der Waals surface area contributed by atoms with Crippen LogP contribution in [0.15, 0.2) is 54.2 Å². The lowest BCUT2D eigenvalue weighted by Gasteiger charge is -2.10. The molecule has 0 aliphatic carbocycles. The van der Waals surface area contributed by atoms with Gasteiger partial charge in [0.05, 0.1) is 22.9 Å². The van der Waals surface area contributed by atoms with Crippen LogP contribution in [0.25, 0.3) is 0 Å². The Morgan fingerprint density at radius 3 is 2.61 bits per heavy atom. The summed E-state index contributed by atoms with van der Waals surface area (Å²) < 4.78 is 1.78. The number of rotatable bonds is 9. The van der Waals surface area contributed by atoms with Crippen LogP contribution in [0.1, 0.15) is 21.7 Å². The summed E-state index contributed by atoms with van der Waals surface area (Å²) in [5.74, 6) is 0.0603. The van der Waals surface area contributed by atoms with Gasteiger partial charge in [0.15, 0.2) is 11.0 Å². The predicted octanol–water partition coefficient (Wildman–Crippen LogP) is 5.39. The summed E-state index contributed by atoms with van der Waals surface area (Å²) in [5, 5.41) is 15.7. The quantitative estimate of drug-likeness (QED) is 0.289. The number of carbonyl (C=O) groups excluding carboxylic acids is 2. The number of anilines is 1. The first kappa shape index (κ1) is 25.1. The maximum atomic E-state index is 12.5. The van der Waals surface area contributed by atoms with Crippen molar-refractivity contribution in [1.82, 2.24) is 20.1 Å². The van der Waals surface area contributed by atoms with Gasteiger partial charge in [-0.15, -0.1) is 16.8 Å². The van der Waals surface area contributed by atoms with E-state index in [2.05, 4.69) is 27.4 Å². The van der Waals surface area contributed by atoms with Crippen molar-refractivity contribution in [3.05, 3.63) is 81.1 Å². The Hall–Kier alpha value is -2.52. The van der Waals surface area contributed by atoms with Crippen LogP contribution in [0.2, 0.25) is 15.1 Å². The van der Waals surface area contributed by atoms with Crippen molar-refractivity contribution in [2.75, 3.05) is 11.1 Å². The van der Waals surface area contributed by atoms with Crippen molar-refractivity contribution in [3.63, 3.8) is 0 Å². The fraction of sp³-hybridized carbons (Fsp3) is 0.182. The van der Waals surface area contributed by atoms with Crippen LogP contribution in [0.4, 0.5) is 5.69 Å². The molecule has 7 nitrogen and oxygen atoms in total. The number of aromatic nitrogens is 3. The number of nitrogens with one attached hydrogen (secondary N) is 2. The Morgan fingerprint density at radius 2 is 1.91 bits per heavy atom. The summed E-state index contributed by atoms with van der Waals surface area (Å²) in [5.41, 5.74) is 1.85. The van der Waals surface area contributed by atoms with Gasteiger partial charge < -0.3 is 15.2 Å². The highest BCUT2D eigenvalue weighted by atomic mass is 35.5. The van der Waals surface area contributed by atoms with Gasteiger partial charge in [-0.25, -0.2) is 0 Å². The molecule has 11 heteroatoms. The van der Waals surface area contributed by atoms with Gasteiger partial charge in [0.2, 0.25) is 5.91 Å². The molecule has 1 aromatic heterocycles. The lowest BCUT2D eigenvalue weighted by atomic mass is 10.2. The third-order valence-corrected chi connectivity index (χ3v) is 6.40. The monoisotopic (exact) mass is 523 g/mol. The van der Waals surface area contributed by atoms with Crippen molar-refractivity contribution in [2.24, 2.45) is 0 Å². The maximum absolute atomic E-state index is 12.5. The van der Waals surface area contributed by atoms with E-state index in [1.54, 1.807) is 34.9 Å². The second kappa shape index (κ2) is 11.6. The predicted molar refractivity (Wildman–Crippen MR) is 133 cm³/mol. The van der Waals surface area contributed by atoms with Crippen molar-refractivity contribution in [3.8, 4) is 0 Å². The number of hydrogen-bond acceptors (Lipinski definition) is 5. The summed E-state index contributed by atoms with van der Waals surface area (Å²) >= 11 is 19.3.